The van der Waals surface area contributed by atoms with Crippen molar-refractivity contribution in [2.45, 2.75) is 20.4 Å². The molecule has 0 N–H and O–H groups in total. The van der Waals surface area contributed by atoms with Crippen molar-refractivity contribution in [1.29, 1.82) is 0 Å². The normalized spacial score (nSPS) is 11.3. The summed E-state index contributed by atoms with van der Waals surface area (Å²) < 4.78 is 7.29. The van der Waals surface area contributed by atoms with Crippen LogP contribution in [0.3, 0.4) is 0 Å². The number of hydrogen-bond donors (Lipinski definition) is 0. The summed E-state index contributed by atoms with van der Waals surface area (Å²) in [4.78, 5) is 12.4. The van der Waals surface area contributed by atoms with Crippen LogP contribution in [0.5, 0.6) is 0 Å². The second-order valence-electron chi connectivity index (χ2n) is 5.68. The maximum Gasteiger partial charge on any atom is 0.174 e. The highest BCUT2D eigenvalue weighted by molar-refractivity contribution is 8.00. The lowest BCUT2D eigenvalue weighted by atomic mass is 10.2. The number of carbonyl (C=O) groups is 1. The smallest absolute Gasteiger partial charge is 0.174 e. The fraction of sp³-hybridized carbons (Fsp3) is 0.350. The van der Waals surface area contributed by atoms with Gasteiger partial charge in [0.05, 0.1) is 12.4 Å². The van der Waals surface area contributed by atoms with Crippen LogP contribution in [0.15, 0.2) is 42.5 Å². The van der Waals surface area contributed by atoms with E-state index in [0.29, 0.717) is 12.4 Å². The third-order valence-corrected chi connectivity index (χ3v) is 4.84. The van der Waals surface area contributed by atoms with Gasteiger partial charge >= 0.3 is 0 Å². The number of ether oxygens (including phenoxy) is 1. The van der Waals surface area contributed by atoms with Crippen molar-refractivity contribution in [2.75, 3.05) is 25.2 Å². The van der Waals surface area contributed by atoms with Gasteiger partial charge in [-0.05, 0) is 25.5 Å². The summed E-state index contributed by atoms with van der Waals surface area (Å²) in [6.07, 6.45) is 4.20. The van der Waals surface area contributed by atoms with Gasteiger partial charge in [0.15, 0.2) is 5.78 Å². The van der Waals surface area contributed by atoms with Gasteiger partial charge in [-0.3, -0.25) is 4.79 Å². The third-order valence-electron chi connectivity index (χ3n) is 3.95. The summed E-state index contributed by atoms with van der Waals surface area (Å²) in [5.41, 5.74) is 4.17. The molecule has 0 aliphatic heterocycles. The molecule has 2 rings (SSSR count). The molecular weight excluding hydrogens is 318 g/mol. The second-order valence-corrected chi connectivity index (χ2v) is 6.71. The largest absolute Gasteiger partial charge is 0.383 e. The molecule has 24 heavy (non-hydrogen) atoms. The average Bonchev–Trinajstić information content (AvgIpc) is 2.88. The van der Waals surface area contributed by atoms with Crippen LogP contribution in [-0.2, 0) is 11.3 Å². The molecule has 0 radical (unpaired) electrons. The average molecular weight is 343 g/mol. The Morgan fingerprint density at radius 3 is 2.71 bits per heavy atom. The van der Waals surface area contributed by atoms with E-state index in [0.717, 1.165) is 29.2 Å². The van der Waals surface area contributed by atoms with E-state index in [2.05, 4.69) is 28.9 Å². The van der Waals surface area contributed by atoms with Gasteiger partial charge in [-0.25, -0.2) is 0 Å². The van der Waals surface area contributed by atoms with Crippen molar-refractivity contribution in [3.05, 3.63) is 65.0 Å². The van der Waals surface area contributed by atoms with Gasteiger partial charge in [-0.2, -0.15) is 0 Å². The third kappa shape index (κ3) is 5.11. The van der Waals surface area contributed by atoms with Crippen molar-refractivity contribution < 1.29 is 9.53 Å². The molecule has 1 aromatic carbocycles. The number of ketones is 1. The van der Waals surface area contributed by atoms with Crippen LogP contribution in [0.4, 0.5) is 0 Å². The topological polar surface area (TPSA) is 31.2 Å². The van der Waals surface area contributed by atoms with E-state index in [9.17, 15) is 4.79 Å². The first kappa shape index (κ1) is 18.6. The van der Waals surface area contributed by atoms with Crippen LogP contribution in [-0.4, -0.2) is 35.6 Å². The van der Waals surface area contributed by atoms with E-state index in [4.69, 9.17) is 4.74 Å². The first-order valence-corrected chi connectivity index (χ1v) is 9.27. The minimum Gasteiger partial charge on any atom is -0.383 e. The molecular formula is C20H25NO2S. The van der Waals surface area contributed by atoms with E-state index >= 15 is 0 Å². The predicted molar refractivity (Wildman–Crippen MR) is 103 cm³/mol. The Labute approximate surface area is 148 Å². The maximum absolute atomic E-state index is 12.4. The van der Waals surface area contributed by atoms with Crippen LogP contribution in [0.25, 0.3) is 6.08 Å². The lowest BCUT2D eigenvalue weighted by molar-refractivity contribution is 0.102. The standard InChI is InChI=1S/C20H25NO2S/c1-16-14-19(17(2)21(16)11-12-23-3)20(22)15-24-13-7-10-18-8-5-4-6-9-18/h4-10,14H,11-13,15H2,1-3H3/b10-7+. The Hall–Kier alpha value is -1.78. The van der Waals surface area contributed by atoms with Crippen molar-refractivity contribution in [2.24, 2.45) is 0 Å². The molecule has 128 valence electrons. The van der Waals surface area contributed by atoms with Crippen LogP contribution in [0.2, 0.25) is 0 Å². The zero-order valence-corrected chi connectivity index (χ0v) is 15.4. The van der Waals surface area contributed by atoms with Crippen LogP contribution in [0, 0.1) is 13.8 Å². The lowest BCUT2D eigenvalue weighted by Gasteiger charge is -2.08. The molecule has 0 fully saturated rings. The number of aromatic nitrogens is 1. The Kier molecular flexibility index (Phi) is 7.35. The molecule has 1 aromatic heterocycles. The molecule has 0 atom stereocenters. The van der Waals surface area contributed by atoms with Crippen molar-refractivity contribution >= 4 is 23.6 Å². The summed E-state index contributed by atoms with van der Waals surface area (Å²) >= 11 is 1.65. The Bertz CT molecular complexity index is 689. The van der Waals surface area contributed by atoms with E-state index in [-0.39, 0.29) is 5.78 Å². The van der Waals surface area contributed by atoms with E-state index in [1.165, 1.54) is 5.56 Å². The first-order valence-electron chi connectivity index (χ1n) is 8.11. The summed E-state index contributed by atoms with van der Waals surface area (Å²) in [5, 5.41) is 0. The number of thioether (sulfide) groups is 1. The van der Waals surface area contributed by atoms with Crippen molar-refractivity contribution in [3.8, 4) is 0 Å². The summed E-state index contributed by atoms with van der Waals surface area (Å²) in [6, 6.07) is 12.2. The monoisotopic (exact) mass is 343 g/mol. The summed E-state index contributed by atoms with van der Waals surface area (Å²) in [7, 11) is 1.69. The molecule has 0 bridgehead atoms. The molecule has 0 saturated heterocycles. The number of hydrogen-bond acceptors (Lipinski definition) is 3. The second kappa shape index (κ2) is 9.50. The molecule has 0 aliphatic carbocycles. The highest BCUT2D eigenvalue weighted by Gasteiger charge is 2.15. The van der Waals surface area contributed by atoms with Crippen molar-refractivity contribution in [3.63, 3.8) is 0 Å². The van der Waals surface area contributed by atoms with Gasteiger partial charge in [0.2, 0.25) is 0 Å². The van der Waals surface area contributed by atoms with Gasteiger partial charge < -0.3 is 9.30 Å². The summed E-state index contributed by atoms with van der Waals surface area (Å²) in [5.74, 6) is 1.54. The molecule has 0 amide bonds. The number of carbonyl (C=O) groups excluding carboxylic acids is 1. The molecule has 0 spiro atoms. The van der Waals surface area contributed by atoms with Gasteiger partial charge in [0.25, 0.3) is 0 Å². The Balaban J connectivity index is 1.85. The molecule has 1 heterocycles. The minimum absolute atomic E-state index is 0.199. The van der Waals surface area contributed by atoms with Gasteiger partial charge in [0, 0.05) is 36.4 Å². The van der Waals surface area contributed by atoms with E-state index in [1.54, 1.807) is 18.9 Å². The molecule has 3 nitrogen and oxygen atoms in total. The highest BCUT2D eigenvalue weighted by Crippen LogP contribution is 2.18. The fourth-order valence-electron chi connectivity index (χ4n) is 2.66. The molecule has 2 aromatic rings. The first-order chi connectivity index (χ1) is 11.6. The van der Waals surface area contributed by atoms with Crippen LogP contribution in [0.1, 0.15) is 27.3 Å². The fourth-order valence-corrected chi connectivity index (χ4v) is 3.35. The molecule has 4 heteroatoms. The van der Waals surface area contributed by atoms with E-state index in [1.807, 2.05) is 38.1 Å². The number of Topliss-reactive ketones (excluding diaryl/α,β-unsaturated/α-hetero) is 1. The molecule has 0 aliphatic rings. The van der Waals surface area contributed by atoms with Crippen molar-refractivity contribution in [1.82, 2.24) is 4.57 Å². The number of rotatable bonds is 9. The summed E-state index contributed by atoms with van der Waals surface area (Å²) in [6.45, 7) is 5.49. The van der Waals surface area contributed by atoms with Crippen LogP contribution >= 0.6 is 11.8 Å². The molecule has 0 saturated carbocycles. The minimum atomic E-state index is 0.199. The number of nitrogens with zero attached hydrogens (tertiary/aromatic N) is 1. The number of methoxy groups -OCH3 is 1. The highest BCUT2D eigenvalue weighted by atomic mass is 32.2. The van der Waals surface area contributed by atoms with Gasteiger partial charge in [-0.15, -0.1) is 11.8 Å². The zero-order chi connectivity index (χ0) is 17.4. The SMILES string of the molecule is COCCn1c(C)cc(C(=O)CSC/C=C/c2ccccc2)c1C. The zero-order valence-electron chi connectivity index (χ0n) is 14.6. The quantitative estimate of drug-likeness (QED) is 0.500. The number of aryl methyl sites for hydroxylation is 1. The lowest BCUT2D eigenvalue weighted by Crippen LogP contribution is -2.09. The Morgan fingerprint density at radius 1 is 1.25 bits per heavy atom. The number of benzene rings is 1. The van der Waals surface area contributed by atoms with Gasteiger partial charge in [-0.1, -0.05) is 42.5 Å². The molecule has 0 unspecified atom stereocenters. The Morgan fingerprint density at radius 2 is 2.00 bits per heavy atom. The van der Waals surface area contributed by atoms with Gasteiger partial charge in [0.1, 0.15) is 0 Å². The maximum atomic E-state index is 12.4. The predicted octanol–water partition coefficient (Wildman–Crippen LogP) is 4.38. The van der Waals surface area contributed by atoms with E-state index < -0.39 is 0 Å². The van der Waals surface area contributed by atoms with Crippen LogP contribution < -0.4 is 0 Å².